The zero-order chi connectivity index (χ0) is 15.7. The monoisotopic (exact) mass is 357 g/mol. The number of halogens is 2. The van der Waals surface area contributed by atoms with Gasteiger partial charge in [-0.25, -0.2) is 0 Å². The molecule has 0 aromatic heterocycles. The Hall–Kier alpha value is -1.30. The van der Waals surface area contributed by atoms with Gasteiger partial charge in [-0.05, 0) is 56.0 Å². The van der Waals surface area contributed by atoms with Crippen LogP contribution >= 0.6 is 24.0 Å². The van der Waals surface area contributed by atoms with Crippen molar-refractivity contribution >= 4 is 47.2 Å². The average molecular weight is 358 g/mol. The first-order valence-electron chi connectivity index (χ1n) is 7.59. The predicted octanol–water partition coefficient (Wildman–Crippen LogP) is 3.05. The van der Waals surface area contributed by atoms with Crippen molar-refractivity contribution in [3.63, 3.8) is 0 Å². The van der Waals surface area contributed by atoms with Gasteiger partial charge in [-0.2, -0.15) is 0 Å². The fourth-order valence-corrected chi connectivity index (χ4v) is 3.48. The molecule has 3 rings (SSSR count). The maximum absolute atomic E-state index is 12.4. The summed E-state index contributed by atoms with van der Waals surface area (Å²) in [7, 11) is 0. The standard InChI is InChI=1S/C16H20ClN3O2.ClH/c1-10(21)19-14-8-11(2-3-13(14)17)20-15(22)12-9-16(12)4-6-18-7-5-16;/h2-3,8,12,18H,4-7,9H2,1H3,(H,19,21)(H,20,22);1H. The summed E-state index contributed by atoms with van der Waals surface area (Å²) in [5.74, 6) is -0.0197. The third-order valence-electron chi connectivity index (χ3n) is 4.65. The van der Waals surface area contributed by atoms with Crippen molar-refractivity contribution in [2.24, 2.45) is 11.3 Å². The van der Waals surface area contributed by atoms with Crippen molar-refractivity contribution < 1.29 is 9.59 Å². The molecule has 1 spiro atoms. The third kappa shape index (κ3) is 3.97. The Morgan fingerprint density at radius 1 is 1.26 bits per heavy atom. The number of hydrogen-bond donors (Lipinski definition) is 3. The van der Waals surface area contributed by atoms with Gasteiger partial charge in [0.1, 0.15) is 0 Å². The highest BCUT2D eigenvalue weighted by Gasteiger charge is 2.57. The molecule has 5 nitrogen and oxygen atoms in total. The molecule has 2 aliphatic rings. The van der Waals surface area contributed by atoms with Crippen LogP contribution in [0, 0.1) is 11.3 Å². The maximum Gasteiger partial charge on any atom is 0.228 e. The number of piperidine rings is 1. The number of nitrogens with one attached hydrogen (secondary N) is 3. The van der Waals surface area contributed by atoms with Crippen molar-refractivity contribution in [2.75, 3.05) is 23.7 Å². The number of hydrogen-bond acceptors (Lipinski definition) is 3. The van der Waals surface area contributed by atoms with E-state index in [1.807, 2.05) is 0 Å². The van der Waals surface area contributed by atoms with Gasteiger partial charge < -0.3 is 16.0 Å². The molecule has 0 bridgehead atoms. The van der Waals surface area contributed by atoms with Crippen LogP contribution in [0.1, 0.15) is 26.2 Å². The van der Waals surface area contributed by atoms with Gasteiger partial charge in [-0.1, -0.05) is 11.6 Å². The summed E-state index contributed by atoms with van der Waals surface area (Å²) in [5.41, 5.74) is 1.39. The van der Waals surface area contributed by atoms with Gasteiger partial charge in [0.2, 0.25) is 11.8 Å². The molecule has 126 valence electrons. The molecule has 1 aliphatic heterocycles. The van der Waals surface area contributed by atoms with Crippen LogP contribution in [0.5, 0.6) is 0 Å². The SMILES string of the molecule is CC(=O)Nc1cc(NC(=O)C2CC23CCNCC3)ccc1Cl.Cl. The fraction of sp³-hybridized carbons (Fsp3) is 0.500. The van der Waals surface area contributed by atoms with E-state index >= 15 is 0 Å². The molecule has 2 amide bonds. The maximum atomic E-state index is 12.4. The largest absolute Gasteiger partial charge is 0.326 e. The summed E-state index contributed by atoms with van der Waals surface area (Å²) in [6.07, 6.45) is 3.12. The molecular formula is C16H21Cl2N3O2. The Kier molecular flexibility index (Phi) is 5.55. The van der Waals surface area contributed by atoms with E-state index in [0.717, 1.165) is 32.4 Å². The van der Waals surface area contributed by atoms with Crippen LogP contribution in [-0.4, -0.2) is 24.9 Å². The Morgan fingerprint density at radius 2 is 1.96 bits per heavy atom. The second kappa shape index (κ2) is 7.07. The van der Waals surface area contributed by atoms with Gasteiger partial charge >= 0.3 is 0 Å². The summed E-state index contributed by atoms with van der Waals surface area (Å²) in [6.45, 7) is 3.42. The smallest absolute Gasteiger partial charge is 0.228 e. The van der Waals surface area contributed by atoms with E-state index in [9.17, 15) is 9.59 Å². The molecule has 1 aromatic carbocycles. The fourth-order valence-electron chi connectivity index (χ4n) is 3.31. The molecule has 3 N–H and O–H groups in total. The minimum Gasteiger partial charge on any atom is -0.326 e. The van der Waals surface area contributed by atoms with E-state index < -0.39 is 0 Å². The van der Waals surface area contributed by atoms with E-state index in [1.54, 1.807) is 18.2 Å². The third-order valence-corrected chi connectivity index (χ3v) is 4.98. The molecule has 0 radical (unpaired) electrons. The molecule has 1 saturated heterocycles. The summed E-state index contributed by atoms with van der Waals surface area (Å²) < 4.78 is 0. The van der Waals surface area contributed by atoms with Crippen LogP contribution in [-0.2, 0) is 9.59 Å². The van der Waals surface area contributed by atoms with Crippen molar-refractivity contribution in [3.05, 3.63) is 23.2 Å². The van der Waals surface area contributed by atoms with Crippen LogP contribution < -0.4 is 16.0 Å². The highest BCUT2D eigenvalue weighted by Crippen LogP contribution is 2.58. The Balaban J connectivity index is 0.00000192. The molecule has 7 heteroatoms. The first kappa shape index (κ1) is 18.0. The van der Waals surface area contributed by atoms with Gasteiger partial charge in [-0.3, -0.25) is 9.59 Å². The van der Waals surface area contributed by atoms with Gasteiger partial charge in [0.05, 0.1) is 10.7 Å². The molecule has 1 atom stereocenters. The van der Waals surface area contributed by atoms with Gasteiger partial charge in [0, 0.05) is 18.5 Å². The van der Waals surface area contributed by atoms with Gasteiger partial charge in [0.25, 0.3) is 0 Å². The lowest BCUT2D eigenvalue weighted by Gasteiger charge is -2.23. The van der Waals surface area contributed by atoms with E-state index in [-0.39, 0.29) is 35.6 Å². The van der Waals surface area contributed by atoms with Crippen LogP contribution in [0.4, 0.5) is 11.4 Å². The molecule has 1 aliphatic carbocycles. The quantitative estimate of drug-likeness (QED) is 0.778. The van der Waals surface area contributed by atoms with Crippen LogP contribution in [0.25, 0.3) is 0 Å². The van der Waals surface area contributed by atoms with E-state index in [4.69, 9.17) is 11.6 Å². The zero-order valence-corrected chi connectivity index (χ0v) is 14.5. The lowest BCUT2D eigenvalue weighted by molar-refractivity contribution is -0.118. The number of carbonyl (C=O) groups excluding carboxylic acids is 2. The van der Waals surface area contributed by atoms with Gasteiger partial charge in [0.15, 0.2) is 0 Å². The number of rotatable bonds is 3. The van der Waals surface area contributed by atoms with Crippen molar-refractivity contribution in [2.45, 2.75) is 26.2 Å². The van der Waals surface area contributed by atoms with Gasteiger partial charge in [-0.15, -0.1) is 12.4 Å². The normalized spacial score (nSPS) is 21.2. The molecular weight excluding hydrogens is 337 g/mol. The predicted molar refractivity (Wildman–Crippen MR) is 94.3 cm³/mol. The second-order valence-electron chi connectivity index (χ2n) is 6.23. The lowest BCUT2D eigenvalue weighted by atomic mass is 9.92. The van der Waals surface area contributed by atoms with Crippen LogP contribution in [0.2, 0.25) is 5.02 Å². The molecule has 1 unspecified atom stereocenters. The molecule has 2 fully saturated rings. The first-order chi connectivity index (χ1) is 10.5. The number of anilines is 2. The Morgan fingerprint density at radius 3 is 2.61 bits per heavy atom. The molecule has 1 heterocycles. The first-order valence-corrected chi connectivity index (χ1v) is 7.97. The summed E-state index contributed by atoms with van der Waals surface area (Å²) in [5, 5.41) is 9.39. The molecule has 23 heavy (non-hydrogen) atoms. The summed E-state index contributed by atoms with van der Waals surface area (Å²) >= 11 is 6.03. The number of amides is 2. The Labute approximate surface area is 146 Å². The van der Waals surface area contributed by atoms with Crippen LogP contribution in [0.3, 0.4) is 0 Å². The number of carbonyl (C=O) groups is 2. The highest BCUT2D eigenvalue weighted by molar-refractivity contribution is 6.33. The van der Waals surface area contributed by atoms with Crippen molar-refractivity contribution in [1.82, 2.24) is 5.32 Å². The lowest BCUT2D eigenvalue weighted by Crippen LogP contribution is -2.31. The van der Waals surface area contributed by atoms with E-state index in [2.05, 4.69) is 16.0 Å². The van der Waals surface area contributed by atoms with Crippen molar-refractivity contribution in [3.8, 4) is 0 Å². The molecule has 1 aromatic rings. The minimum atomic E-state index is -0.193. The average Bonchev–Trinajstić information content (AvgIpc) is 3.16. The van der Waals surface area contributed by atoms with Crippen molar-refractivity contribution in [1.29, 1.82) is 0 Å². The number of benzene rings is 1. The summed E-state index contributed by atoms with van der Waals surface area (Å²) in [4.78, 5) is 23.6. The zero-order valence-electron chi connectivity index (χ0n) is 12.9. The topological polar surface area (TPSA) is 70.2 Å². The summed E-state index contributed by atoms with van der Waals surface area (Å²) in [6, 6.07) is 5.12. The Bertz CT molecular complexity index is 615. The highest BCUT2D eigenvalue weighted by atomic mass is 35.5. The minimum absolute atomic E-state index is 0. The second-order valence-corrected chi connectivity index (χ2v) is 6.64. The molecule has 1 saturated carbocycles. The van der Waals surface area contributed by atoms with Crippen LogP contribution in [0.15, 0.2) is 18.2 Å². The van der Waals surface area contributed by atoms with E-state index in [0.29, 0.717) is 16.4 Å². The van der Waals surface area contributed by atoms with E-state index in [1.165, 1.54) is 6.92 Å².